The number of nitrogens with zero attached hydrogens (tertiary/aromatic N) is 2. The standard InChI is InChI=1S/C15H14ClFN4O/c16-12-3-1-2-11(6-12)9-22-14-5-4-10(7-13(14)17)8-20-21-15(18)19/h1-8H,9H2,(H4,18,19,21). The molecule has 4 N–H and O–H groups in total. The first-order chi connectivity index (χ1) is 10.5. The number of hydrogen-bond acceptors (Lipinski definition) is 3. The summed E-state index contributed by atoms with van der Waals surface area (Å²) in [4.78, 5) is 0. The normalized spacial score (nSPS) is 10.6. The van der Waals surface area contributed by atoms with E-state index in [0.717, 1.165) is 5.56 Å². The van der Waals surface area contributed by atoms with Gasteiger partial charge in [0.25, 0.3) is 0 Å². The number of benzene rings is 2. The molecule has 0 unspecified atom stereocenters. The second kappa shape index (κ2) is 7.42. The molecule has 0 aliphatic rings. The number of rotatable bonds is 5. The summed E-state index contributed by atoms with van der Waals surface area (Å²) in [6.07, 6.45) is 1.34. The first-order valence-corrected chi connectivity index (χ1v) is 6.71. The van der Waals surface area contributed by atoms with Gasteiger partial charge in [-0.25, -0.2) is 4.39 Å². The van der Waals surface area contributed by atoms with Crippen molar-refractivity contribution >= 4 is 23.8 Å². The smallest absolute Gasteiger partial charge is 0.211 e. The molecule has 5 nitrogen and oxygen atoms in total. The van der Waals surface area contributed by atoms with E-state index < -0.39 is 5.82 Å². The molecule has 7 heteroatoms. The molecule has 0 fully saturated rings. The van der Waals surface area contributed by atoms with Crippen LogP contribution < -0.4 is 16.2 Å². The molecule has 0 aliphatic carbocycles. The molecule has 2 aromatic rings. The van der Waals surface area contributed by atoms with Crippen LogP contribution in [0.3, 0.4) is 0 Å². The second-order valence-corrected chi connectivity index (χ2v) is 4.81. The van der Waals surface area contributed by atoms with Crippen molar-refractivity contribution in [2.75, 3.05) is 0 Å². The van der Waals surface area contributed by atoms with Crippen LogP contribution in [0.5, 0.6) is 5.75 Å². The van der Waals surface area contributed by atoms with Crippen LogP contribution in [0.1, 0.15) is 11.1 Å². The van der Waals surface area contributed by atoms with Crippen LogP contribution in [0.25, 0.3) is 0 Å². The van der Waals surface area contributed by atoms with Crippen molar-refractivity contribution in [1.82, 2.24) is 0 Å². The number of ether oxygens (including phenoxy) is 1. The maximum absolute atomic E-state index is 13.9. The molecule has 22 heavy (non-hydrogen) atoms. The number of hydrogen-bond donors (Lipinski definition) is 2. The SMILES string of the molecule is NC(N)=NN=Cc1ccc(OCc2cccc(Cl)c2)c(F)c1. The molecule has 0 heterocycles. The van der Waals surface area contributed by atoms with Gasteiger partial charge in [0.2, 0.25) is 5.96 Å². The topological polar surface area (TPSA) is 86.0 Å². The van der Waals surface area contributed by atoms with E-state index in [0.29, 0.717) is 10.6 Å². The van der Waals surface area contributed by atoms with Gasteiger partial charge in [-0.15, -0.1) is 5.10 Å². The molecule has 0 saturated heterocycles. The lowest BCUT2D eigenvalue weighted by Crippen LogP contribution is -2.21. The van der Waals surface area contributed by atoms with Crippen LogP contribution >= 0.6 is 11.6 Å². The Balaban J connectivity index is 2.03. The third-order valence-corrected chi connectivity index (χ3v) is 2.85. The molecule has 0 saturated carbocycles. The quantitative estimate of drug-likeness (QED) is 0.504. The number of nitrogens with two attached hydrogens (primary N) is 2. The van der Waals surface area contributed by atoms with E-state index in [4.69, 9.17) is 27.8 Å². The van der Waals surface area contributed by atoms with Crippen molar-refractivity contribution < 1.29 is 9.13 Å². The average Bonchev–Trinajstić information content (AvgIpc) is 2.46. The molecule has 0 aliphatic heterocycles. The van der Waals surface area contributed by atoms with Crippen molar-refractivity contribution in [3.8, 4) is 5.75 Å². The predicted molar refractivity (Wildman–Crippen MR) is 85.6 cm³/mol. The van der Waals surface area contributed by atoms with Gasteiger partial charge in [-0.2, -0.15) is 5.10 Å². The lowest BCUT2D eigenvalue weighted by molar-refractivity contribution is 0.290. The summed E-state index contributed by atoms with van der Waals surface area (Å²) >= 11 is 5.88. The Kier molecular flexibility index (Phi) is 5.32. The van der Waals surface area contributed by atoms with Gasteiger partial charge in [-0.1, -0.05) is 23.7 Å². The van der Waals surface area contributed by atoms with Gasteiger partial charge in [0.15, 0.2) is 11.6 Å². The van der Waals surface area contributed by atoms with Gasteiger partial charge in [0, 0.05) is 5.02 Å². The van der Waals surface area contributed by atoms with Crippen molar-refractivity contribution in [3.05, 3.63) is 64.4 Å². The minimum atomic E-state index is -0.504. The van der Waals surface area contributed by atoms with Gasteiger partial charge < -0.3 is 16.2 Å². The van der Waals surface area contributed by atoms with Gasteiger partial charge in [0.1, 0.15) is 6.61 Å². The van der Waals surface area contributed by atoms with E-state index in [1.54, 1.807) is 24.3 Å². The Morgan fingerprint density at radius 3 is 2.73 bits per heavy atom. The molecule has 0 amide bonds. The molecule has 2 rings (SSSR count). The molecule has 0 bridgehead atoms. The minimum Gasteiger partial charge on any atom is -0.486 e. The highest BCUT2D eigenvalue weighted by atomic mass is 35.5. The summed E-state index contributed by atoms with van der Waals surface area (Å²) in [5.74, 6) is -0.534. The fourth-order valence-corrected chi connectivity index (χ4v) is 1.88. The van der Waals surface area contributed by atoms with Gasteiger partial charge in [-0.05, 0) is 41.5 Å². The zero-order chi connectivity index (χ0) is 15.9. The Morgan fingerprint density at radius 2 is 2.05 bits per heavy atom. The highest BCUT2D eigenvalue weighted by molar-refractivity contribution is 6.30. The predicted octanol–water partition coefficient (Wildman–Crippen LogP) is 2.67. The molecule has 0 atom stereocenters. The molecule has 0 radical (unpaired) electrons. The first-order valence-electron chi connectivity index (χ1n) is 6.33. The zero-order valence-corrected chi connectivity index (χ0v) is 12.3. The van der Waals surface area contributed by atoms with Crippen LogP contribution in [0, 0.1) is 5.82 Å². The zero-order valence-electron chi connectivity index (χ0n) is 11.5. The lowest BCUT2D eigenvalue weighted by atomic mass is 10.2. The van der Waals surface area contributed by atoms with Crippen molar-refractivity contribution in [3.63, 3.8) is 0 Å². The second-order valence-electron chi connectivity index (χ2n) is 4.38. The monoisotopic (exact) mass is 320 g/mol. The minimum absolute atomic E-state index is 0.138. The summed E-state index contributed by atoms with van der Waals surface area (Å²) in [5, 5.41) is 7.64. The summed E-state index contributed by atoms with van der Waals surface area (Å²) in [6, 6.07) is 11.6. The van der Waals surface area contributed by atoms with E-state index in [2.05, 4.69) is 10.2 Å². The van der Waals surface area contributed by atoms with Crippen LogP contribution in [0.15, 0.2) is 52.7 Å². The van der Waals surface area contributed by atoms with Gasteiger partial charge >= 0.3 is 0 Å². The Morgan fingerprint density at radius 1 is 1.23 bits per heavy atom. The fraction of sp³-hybridized carbons (Fsp3) is 0.0667. The van der Waals surface area contributed by atoms with E-state index >= 15 is 0 Å². The summed E-state index contributed by atoms with van der Waals surface area (Å²) in [5.41, 5.74) is 11.6. The largest absolute Gasteiger partial charge is 0.486 e. The number of guanidine groups is 1. The highest BCUT2D eigenvalue weighted by Crippen LogP contribution is 2.20. The summed E-state index contributed by atoms with van der Waals surface area (Å²) in [6.45, 7) is 0.221. The molecule has 114 valence electrons. The van der Waals surface area contributed by atoms with E-state index in [9.17, 15) is 4.39 Å². The van der Waals surface area contributed by atoms with Crippen molar-refractivity contribution in [2.45, 2.75) is 6.61 Å². The maximum Gasteiger partial charge on any atom is 0.211 e. The van der Waals surface area contributed by atoms with E-state index in [-0.39, 0.29) is 18.3 Å². The molecule has 2 aromatic carbocycles. The fourth-order valence-electron chi connectivity index (χ4n) is 1.66. The van der Waals surface area contributed by atoms with Crippen LogP contribution in [-0.4, -0.2) is 12.2 Å². The van der Waals surface area contributed by atoms with E-state index in [1.165, 1.54) is 18.3 Å². The Labute approximate surface area is 132 Å². The Hall–Kier alpha value is -2.60. The average molecular weight is 321 g/mol. The van der Waals surface area contributed by atoms with Crippen molar-refractivity contribution in [2.24, 2.45) is 21.7 Å². The van der Waals surface area contributed by atoms with Crippen LogP contribution in [0.2, 0.25) is 5.02 Å². The molecular formula is C15H14ClFN4O. The van der Waals surface area contributed by atoms with Gasteiger partial charge in [-0.3, -0.25) is 0 Å². The first kappa shape index (κ1) is 15.8. The molecular weight excluding hydrogens is 307 g/mol. The highest BCUT2D eigenvalue weighted by Gasteiger charge is 2.05. The third-order valence-electron chi connectivity index (χ3n) is 2.62. The molecule has 0 aromatic heterocycles. The lowest BCUT2D eigenvalue weighted by Gasteiger charge is -2.08. The summed E-state index contributed by atoms with van der Waals surface area (Å²) in [7, 11) is 0. The number of halogens is 2. The van der Waals surface area contributed by atoms with Crippen LogP contribution in [-0.2, 0) is 6.61 Å². The third kappa shape index (κ3) is 4.75. The Bertz CT molecular complexity index is 714. The van der Waals surface area contributed by atoms with Crippen molar-refractivity contribution in [1.29, 1.82) is 0 Å². The maximum atomic E-state index is 13.9. The molecule has 0 spiro atoms. The van der Waals surface area contributed by atoms with Gasteiger partial charge in [0.05, 0.1) is 6.21 Å². The van der Waals surface area contributed by atoms with E-state index in [1.807, 2.05) is 6.07 Å². The van der Waals surface area contributed by atoms with Crippen LogP contribution in [0.4, 0.5) is 4.39 Å². The summed E-state index contributed by atoms with van der Waals surface area (Å²) < 4.78 is 19.3.